The lowest BCUT2D eigenvalue weighted by atomic mass is 10.1. The van der Waals surface area contributed by atoms with Gasteiger partial charge in [0.25, 0.3) is 5.91 Å². The van der Waals surface area contributed by atoms with Crippen LogP contribution in [0.25, 0.3) is 0 Å². The first-order chi connectivity index (χ1) is 8.40. The van der Waals surface area contributed by atoms with Gasteiger partial charge in [-0.2, -0.15) is 0 Å². The quantitative estimate of drug-likeness (QED) is 0.718. The summed E-state index contributed by atoms with van der Waals surface area (Å²) in [6, 6.07) is 0. The Morgan fingerprint density at radius 2 is 2.00 bits per heavy atom. The van der Waals surface area contributed by atoms with Gasteiger partial charge in [-0.15, -0.1) is 0 Å². The van der Waals surface area contributed by atoms with Crippen LogP contribution in [0.3, 0.4) is 0 Å². The van der Waals surface area contributed by atoms with Crippen LogP contribution in [0.1, 0.15) is 32.1 Å². The van der Waals surface area contributed by atoms with Crippen LogP contribution >= 0.6 is 0 Å². The number of carboxylic acids is 1. The van der Waals surface area contributed by atoms with E-state index >= 15 is 0 Å². The maximum absolute atomic E-state index is 12.2. The van der Waals surface area contributed by atoms with Crippen LogP contribution in [0.5, 0.6) is 0 Å². The van der Waals surface area contributed by atoms with E-state index in [1.807, 2.05) is 7.05 Å². The summed E-state index contributed by atoms with van der Waals surface area (Å²) >= 11 is 0. The minimum atomic E-state index is -1.05. The maximum Gasteiger partial charge on any atom is 0.352 e. The first-order valence-electron chi connectivity index (χ1n) is 5.72. The highest BCUT2D eigenvalue weighted by Crippen LogP contribution is 2.19. The standard InChI is InChI=1S/C12H19N3O3/c1-7-9(8(2)14-10(7)12(17)18)11(16)15(4)6-5-13-3/h13-14H,5-6H2,1-4H3,(H,17,18). The van der Waals surface area contributed by atoms with E-state index in [0.717, 1.165) is 0 Å². The topological polar surface area (TPSA) is 85.4 Å². The van der Waals surface area contributed by atoms with Gasteiger partial charge in [-0.05, 0) is 26.5 Å². The molecule has 0 aromatic carbocycles. The summed E-state index contributed by atoms with van der Waals surface area (Å²) < 4.78 is 0. The summed E-state index contributed by atoms with van der Waals surface area (Å²) in [4.78, 5) is 27.5. The monoisotopic (exact) mass is 253 g/mol. The molecule has 1 aromatic heterocycles. The van der Waals surface area contributed by atoms with Gasteiger partial charge in [0.15, 0.2) is 0 Å². The average molecular weight is 253 g/mol. The van der Waals surface area contributed by atoms with Gasteiger partial charge >= 0.3 is 5.97 Å². The molecule has 18 heavy (non-hydrogen) atoms. The summed E-state index contributed by atoms with van der Waals surface area (Å²) in [6.07, 6.45) is 0. The van der Waals surface area contributed by atoms with Crippen molar-refractivity contribution < 1.29 is 14.7 Å². The third-order valence-electron chi connectivity index (χ3n) is 2.91. The van der Waals surface area contributed by atoms with Crippen molar-refractivity contribution >= 4 is 11.9 Å². The normalized spacial score (nSPS) is 10.4. The number of aryl methyl sites for hydroxylation is 1. The molecule has 0 spiro atoms. The Labute approximate surface area is 106 Å². The molecule has 3 N–H and O–H groups in total. The van der Waals surface area contributed by atoms with Gasteiger partial charge in [-0.25, -0.2) is 4.79 Å². The fraction of sp³-hybridized carbons (Fsp3) is 0.500. The molecule has 0 radical (unpaired) electrons. The van der Waals surface area contributed by atoms with Gasteiger partial charge in [0.1, 0.15) is 5.69 Å². The first kappa shape index (κ1) is 14.2. The van der Waals surface area contributed by atoms with Crippen LogP contribution < -0.4 is 5.32 Å². The zero-order valence-corrected chi connectivity index (χ0v) is 11.1. The lowest BCUT2D eigenvalue weighted by molar-refractivity contribution is 0.0690. The second kappa shape index (κ2) is 5.68. The molecule has 6 nitrogen and oxygen atoms in total. The third-order valence-corrected chi connectivity index (χ3v) is 2.91. The molecule has 0 saturated carbocycles. The van der Waals surface area contributed by atoms with Gasteiger partial charge < -0.3 is 20.3 Å². The van der Waals surface area contributed by atoms with Crippen molar-refractivity contribution in [1.29, 1.82) is 0 Å². The second-order valence-corrected chi connectivity index (χ2v) is 4.26. The SMILES string of the molecule is CNCCN(C)C(=O)c1c(C)[nH]c(C(=O)O)c1C. The number of amides is 1. The molecule has 0 unspecified atom stereocenters. The second-order valence-electron chi connectivity index (χ2n) is 4.26. The number of nitrogens with one attached hydrogen (secondary N) is 2. The number of H-pyrrole nitrogens is 1. The summed E-state index contributed by atoms with van der Waals surface area (Å²) in [5.74, 6) is -1.21. The van der Waals surface area contributed by atoms with Crippen LogP contribution in [0, 0.1) is 13.8 Å². The summed E-state index contributed by atoms with van der Waals surface area (Å²) in [7, 11) is 3.51. The van der Waals surface area contributed by atoms with E-state index < -0.39 is 5.97 Å². The molecule has 1 heterocycles. The number of aromatic amines is 1. The fourth-order valence-electron chi connectivity index (χ4n) is 1.86. The number of aromatic nitrogens is 1. The van der Waals surface area contributed by atoms with Gasteiger partial charge in [-0.3, -0.25) is 4.79 Å². The van der Waals surface area contributed by atoms with E-state index in [2.05, 4.69) is 10.3 Å². The average Bonchev–Trinajstić information content (AvgIpc) is 2.61. The Balaban J connectivity index is 3.02. The predicted octanol–water partition coefficient (Wildman–Crippen LogP) is 0.621. The van der Waals surface area contributed by atoms with Crippen molar-refractivity contribution in [2.45, 2.75) is 13.8 Å². The molecule has 0 aliphatic carbocycles. The minimum Gasteiger partial charge on any atom is -0.477 e. The lowest BCUT2D eigenvalue weighted by Crippen LogP contribution is -2.33. The molecule has 0 fully saturated rings. The van der Waals surface area contributed by atoms with E-state index in [1.54, 1.807) is 25.8 Å². The molecule has 100 valence electrons. The molecule has 0 aliphatic rings. The van der Waals surface area contributed by atoms with E-state index in [9.17, 15) is 9.59 Å². The number of carboxylic acid groups (broad SMARTS) is 1. The molecule has 0 saturated heterocycles. The van der Waals surface area contributed by atoms with Crippen molar-refractivity contribution in [3.8, 4) is 0 Å². The Hall–Kier alpha value is -1.82. The van der Waals surface area contributed by atoms with Crippen LogP contribution in [0.2, 0.25) is 0 Å². The van der Waals surface area contributed by atoms with Crippen LogP contribution in [0.4, 0.5) is 0 Å². The van der Waals surface area contributed by atoms with Crippen molar-refractivity contribution in [1.82, 2.24) is 15.2 Å². The third kappa shape index (κ3) is 2.70. The van der Waals surface area contributed by atoms with Crippen molar-refractivity contribution in [2.24, 2.45) is 0 Å². The molecule has 1 rings (SSSR count). The van der Waals surface area contributed by atoms with Crippen molar-refractivity contribution in [3.05, 3.63) is 22.5 Å². The summed E-state index contributed by atoms with van der Waals surface area (Å²) in [5.41, 5.74) is 1.61. The zero-order valence-electron chi connectivity index (χ0n) is 11.1. The van der Waals surface area contributed by atoms with E-state index in [-0.39, 0.29) is 11.6 Å². The molecule has 1 amide bonds. The van der Waals surface area contributed by atoms with E-state index in [4.69, 9.17) is 5.11 Å². The number of rotatable bonds is 5. The molecule has 1 aromatic rings. The molecular formula is C12H19N3O3. The molecule has 0 atom stereocenters. The van der Waals surface area contributed by atoms with Crippen molar-refractivity contribution in [3.63, 3.8) is 0 Å². The summed E-state index contributed by atoms with van der Waals surface area (Å²) in [5, 5.41) is 12.0. The Morgan fingerprint density at radius 1 is 1.39 bits per heavy atom. The Bertz CT molecular complexity index is 465. The number of hydrogen-bond acceptors (Lipinski definition) is 3. The molecular weight excluding hydrogens is 234 g/mol. The highest BCUT2D eigenvalue weighted by molar-refractivity contribution is 6.00. The van der Waals surface area contributed by atoms with Gasteiger partial charge in [0.2, 0.25) is 0 Å². The van der Waals surface area contributed by atoms with Crippen LogP contribution in [0.15, 0.2) is 0 Å². The van der Waals surface area contributed by atoms with Gasteiger partial charge in [0, 0.05) is 25.8 Å². The largest absolute Gasteiger partial charge is 0.477 e. The number of carbonyl (C=O) groups excluding carboxylic acids is 1. The smallest absolute Gasteiger partial charge is 0.352 e. The Morgan fingerprint density at radius 3 is 2.44 bits per heavy atom. The van der Waals surface area contributed by atoms with Gasteiger partial charge in [-0.1, -0.05) is 0 Å². The first-order valence-corrected chi connectivity index (χ1v) is 5.72. The lowest BCUT2D eigenvalue weighted by Gasteiger charge is -2.17. The molecule has 0 aliphatic heterocycles. The highest BCUT2D eigenvalue weighted by Gasteiger charge is 2.23. The number of carbonyl (C=O) groups is 2. The Kier molecular flexibility index (Phi) is 4.49. The van der Waals surface area contributed by atoms with E-state index in [1.165, 1.54) is 0 Å². The summed E-state index contributed by atoms with van der Waals surface area (Å²) in [6.45, 7) is 4.61. The maximum atomic E-state index is 12.2. The molecule has 6 heteroatoms. The van der Waals surface area contributed by atoms with Crippen LogP contribution in [-0.4, -0.2) is 54.1 Å². The molecule has 0 bridgehead atoms. The zero-order chi connectivity index (χ0) is 13.9. The van der Waals surface area contributed by atoms with Crippen molar-refractivity contribution in [2.75, 3.05) is 27.2 Å². The highest BCUT2D eigenvalue weighted by atomic mass is 16.4. The number of likely N-dealkylation sites (N-methyl/N-ethyl adjacent to an activating group) is 2. The van der Waals surface area contributed by atoms with E-state index in [0.29, 0.717) is 29.9 Å². The number of aromatic carboxylic acids is 1. The minimum absolute atomic E-state index is 0.0814. The van der Waals surface area contributed by atoms with Gasteiger partial charge in [0.05, 0.1) is 5.56 Å². The number of nitrogens with zero attached hydrogens (tertiary/aromatic N) is 1. The predicted molar refractivity (Wildman–Crippen MR) is 68.1 cm³/mol. The number of hydrogen-bond donors (Lipinski definition) is 3. The fourth-order valence-corrected chi connectivity index (χ4v) is 1.86. The van der Waals surface area contributed by atoms with Crippen LogP contribution in [-0.2, 0) is 0 Å².